The van der Waals surface area contributed by atoms with Gasteiger partial charge in [0.15, 0.2) is 24.6 Å². The van der Waals surface area contributed by atoms with E-state index in [2.05, 4.69) is 106 Å². The summed E-state index contributed by atoms with van der Waals surface area (Å²) in [4.78, 5) is 51.2. The summed E-state index contributed by atoms with van der Waals surface area (Å²) in [5.41, 5.74) is 0. The Morgan fingerprint density at radius 3 is 1.29 bits per heavy atom. The van der Waals surface area contributed by atoms with Gasteiger partial charge in [0, 0.05) is 12.8 Å². The number of rotatable bonds is 51. The van der Waals surface area contributed by atoms with Gasteiger partial charge < -0.3 is 39.0 Å². The van der Waals surface area contributed by atoms with E-state index in [4.69, 9.17) is 23.7 Å². The second-order valence-corrected chi connectivity index (χ2v) is 20.6. The number of aliphatic carboxylic acids is 1. The largest absolute Gasteiger partial charge is 0.479 e. The molecule has 6 unspecified atom stereocenters. The first-order valence-corrected chi connectivity index (χ1v) is 30.9. The minimum Gasteiger partial charge on any atom is -0.479 e. The molecule has 0 radical (unpaired) electrons. The van der Waals surface area contributed by atoms with Crippen LogP contribution in [0.3, 0.4) is 0 Å². The lowest BCUT2D eigenvalue weighted by Crippen LogP contribution is -2.61. The van der Waals surface area contributed by atoms with Crippen molar-refractivity contribution in [3.63, 3.8) is 0 Å². The Kier molecular flexibility index (Phi) is 49.5. The van der Waals surface area contributed by atoms with Gasteiger partial charge in [-0.1, -0.05) is 226 Å². The molecule has 1 saturated heterocycles. The van der Waals surface area contributed by atoms with Crippen molar-refractivity contribution in [1.82, 2.24) is 0 Å². The monoisotopic (exact) mass is 1100 g/mol. The standard InChI is InChI=1S/C67H108O12/c1-4-7-10-13-16-19-22-25-28-30-33-35-38-41-44-47-50-53-59(68)75-56-58(77-60(69)54-51-48-45-42-39-37-34-31-29-26-23-20-17-14-11-8-5-2)57-76-67-65(63(72)62(71)64(79-67)66(73)74)78-61(70)55-52-49-46-43-40-36-32-27-24-21-18-15-12-9-6-3/h7,9-10,12,16,18-19,21,25-29,32,40,43,49,52,58,62-65,67,71-72H,4-6,8,11,13-15,17,20,22-24,30-31,33-39,41-42,44-48,50-51,53-57H2,1-3H3,(H,73,74)/b10-7-,12-9-,19-16-,21-18-,28-25-,29-26-,32-27-,43-40-,52-49-. The van der Waals surface area contributed by atoms with E-state index in [1.54, 1.807) is 12.2 Å². The minimum absolute atomic E-state index is 0.140. The van der Waals surface area contributed by atoms with Crippen LogP contribution in [0.1, 0.15) is 239 Å². The first-order valence-electron chi connectivity index (χ1n) is 30.9. The number of aliphatic hydroxyl groups is 2. The first kappa shape index (κ1) is 72.4. The predicted octanol–water partition coefficient (Wildman–Crippen LogP) is 16.2. The molecule has 1 aliphatic heterocycles. The van der Waals surface area contributed by atoms with Crippen molar-refractivity contribution >= 4 is 23.9 Å². The molecule has 12 nitrogen and oxygen atoms in total. The maximum Gasteiger partial charge on any atom is 0.335 e. The third-order valence-electron chi connectivity index (χ3n) is 13.3. The van der Waals surface area contributed by atoms with E-state index in [-0.39, 0.29) is 25.9 Å². The van der Waals surface area contributed by atoms with E-state index in [0.29, 0.717) is 19.3 Å². The summed E-state index contributed by atoms with van der Waals surface area (Å²) >= 11 is 0. The number of aliphatic hydroxyl groups excluding tert-OH is 2. The average Bonchev–Trinajstić information content (AvgIpc) is 3.43. The smallest absolute Gasteiger partial charge is 0.335 e. The van der Waals surface area contributed by atoms with Gasteiger partial charge in [0.25, 0.3) is 0 Å². The number of esters is 3. The third kappa shape index (κ3) is 43.8. The van der Waals surface area contributed by atoms with Crippen LogP contribution >= 0.6 is 0 Å². The minimum atomic E-state index is -1.94. The zero-order valence-electron chi connectivity index (χ0n) is 49.3. The summed E-state index contributed by atoms with van der Waals surface area (Å²) < 4.78 is 28.3. The molecule has 448 valence electrons. The van der Waals surface area contributed by atoms with Crippen molar-refractivity contribution in [3.05, 3.63) is 109 Å². The van der Waals surface area contributed by atoms with Crippen LogP contribution in [0.4, 0.5) is 0 Å². The molecule has 79 heavy (non-hydrogen) atoms. The molecule has 1 heterocycles. The molecule has 6 atom stereocenters. The van der Waals surface area contributed by atoms with Gasteiger partial charge in [-0.2, -0.15) is 0 Å². The normalized spacial score (nSPS) is 18.6. The van der Waals surface area contributed by atoms with E-state index in [0.717, 1.165) is 116 Å². The van der Waals surface area contributed by atoms with Crippen molar-refractivity contribution in [3.8, 4) is 0 Å². The Morgan fingerprint density at radius 2 is 0.835 bits per heavy atom. The number of carboxylic acid groups (broad SMARTS) is 1. The highest BCUT2D eigenvalue weighted by Crippen LogP contribution is 2.26. The van der Waals surface area contributed by atoms with Crippen LogP contribution in [0.25, 0.3) is 0 Å². The fourth-order valence-corrected chi connectivity index (χ4v) is 8.69. The van der Waals surface area contributed by atoms with Crippen molar-refractivity contribution in [2.24, 2.45) is 0 Å². The number of carbonyl (C=O) groups is 4. The molecule has 0 aromatic heterocycles. The molecule has 0 spiro atoms. The Labute approximate surface area is 478 Å². The lowest BCUT2D eigenvalue weighted by atomic mass is 9.98. The van der Waals surface area contributed by atoms with Gasteiger partial charge in [0.05, 0.1) is 13.0 Å². The fraction of sp³-hybridized carbons (Fsp3) is 0.672. The molecule has 3 N–H and O–H groups in total. The van der Waals surface area contributed by atoms with Crippen LogP contribution in [-0.4, -0.2) is 89.2 Å². The SMILES string of the molecule is CC/C=C\C/C=C\C/C=C\C/C=C\C/C=C\CC(=O)OC1C(OCC(COC(=O)CCCCCCCCC/C=C\C/C=C\C/C=C\CC)OC(=O)CCCCCCCCC/C=C\CCCCCCCC)OC(C(=O)O)C(O)C1O. The molecule has 0 aliphatic carbocycles. The molecular weight excluding hydrogens is 997 g/mol. The molecule has 1 aliphatic rings. The maximum absolute atomic E-state index is 13.2. The number of carboxylic acids is 1. The highest BCUT2D eigenvalue weighted by atomic mass is 16.7. The van der Waals surface area contributed by atoms with Crippen LogP contribution in [0.5, 0.6) is 0 Å². The predicted molar refractivity (Wildman–Crippen MR) is 321 cm³/mol. The second-order valence-electron chi connectivity index (χ2n) is 20.6. The lowest BCUT2D eigenvalue weighted by molar-refractivity contribution is -0.301. The van der Waals surface area contributed by atoms with Crippen LogP contribution < -0.4 is 0 Å². The van der Waals surface area contributed by atoms with Gasteiger partial charge in [-0.25, -0.2) is 4.79 Å². The summed E-state index contributed by atoms with van der Waals surface area (Å²) in [6, 6.07) is 0. The zero-order valence-corrected chi connectivity index (χ0v) is 49.3. The Hall–Kier alpha value is -4.62. The molecule has 0 aromatic carbocycles. The summed E-state index contributed by atoms with van der Waals surface area (Å²) in [6.45, 7) is 5.71. The van der Waals surface area contributed by atoms with E-state index in [1.807, 2.05) is 12.2 Å². The number of hydrogen-bond donors (Lipinski definition) is 3. The van der Waals surface area contributed by atoms with Crippen molar-refractivity contribution < 1.29 is 58.2 Å². The molecule has 12 heteroatoms. The number of unbranched alkanes of at least 4 members (excludes halogenated alkanes) is 20. The third-order valence-corrected chi connectivity index (χ3v) is 13.3. The molecule has 0 aromatic rings. The Balaban J connectivity index is 2.74. The van der Waals surface area contributed by atoms with Gasteiger partial charge in [-0.15, -0.1) is 0 Å². The summed E-state index contributed by atoms with van der Waals surface area (Å²) in [5, 5.41) is 31.5. The molecule has 0 bridgehead atoms. The number of ether oxygens (including phenoxy) is 5. The molecule has 0 amide bonds. The second kappa shape index (κ2) is 54.0. The molecule has 1 rings (SSSR count). The fourth-order valence-electron chi connectivity index (χ4n) is 8.69. The van der Waals surface area contributed by atoms with Crippen LogP contribution in [0.2, 0.25) is 0 Å². The van der Waals surface area contributed by atoms with E-state index < -0.39 is 67.3 Å². The van der Waals surface area contributed by atoms with Crippen LogP contribution in [0.15, 0.2) is 109 Å². The van der Waals surface area contributed by atoms with Crippen LogP contribution in [-0.2, 0) is 42.9 Å². The van der Waals surface area contributed by atoms with Gasteiger partial charge >= 0.3 is 23.9 Å². The van der Waals surface area contributed by atoms with Gasteiger partial charge in [0.2, 0.25) is 0 Å². The number of carbonyl (C=O) groups excluding carboxylic acids is 3. The van der Waals surface area contributed by atoms with Crippen LogP contribution in [0, 0.1) is 0 Å². The number of allylic oxidation sites excluding steroid dienone is 17. The summed E-state index contributed by atoms with van der Waals surface area (Å²) in [5.74, 6) is -3.31. The summed E-state index contributed by atoms with van der Waals surface area (Å²) in [6.07, 6.45) is 60.8. The summed E-state index contributed by atoms with van der Waals surface area (Å²) in [7, 11) is 0. The average molecular weight is 1110 g/mol. The highest BCUT2D eigenvalue weighted by Gasteiger charge is 2.50. The zero-order chi connectivity index (χ0) is 57.5. The first-order chi connectivity index (χ1) is 38.6. The van der Waals surface area contributed by atoms with E-state index in [9.17, 15) is 34.5 Å². The van der Waals surface area contributed by atoms with E-state index in [1.165, 1.54) is 64.2 Å². The van der Waals surface area contributed by atoms with Gasteiger partial charge in [0.1, 0.15) is 18.8 Å². The van der Waals surface area contributed by atoms with Gasteiger partial charge in [-0.3, -0.25) is 14.4 Å². The lowest BCUT2D eigenvalue weighted by Gasteiger charge is -2.40. The Bertz CT molecular complexity index is 1790. The molecule has 1 fully saturated rings. The Morgan fingerprint density at radius 1 is 0.443 bits per heavy atom. The molecule has 0 saturated carbocycles. The van der Waals surface area contributed by atoms with Crippen molar-refractivity contribution in [2.75, 3.05) is 13.2 Å². The maximum atomic E-state index is 13.2. The number of hydrogen-bond acceptors (Lipinski definition) is 11. The van der Waals surface area contributed by atoms with E-state index >= 15 is 0 Å². The topological polar surface area (TPSA) is 175 Å². The quantitative estimate of drug-likeness (QED) is 0.0228. The van der Waals surface area contributed by atoms with Crippen molar-refractivity contribution in [1.29, 1.82) is 0 Å². The highest BCUT2D eigenvalue weighted by molar-refractivity contribution is 5.74. The van der Waals surface area contributed by atoms with Gasteiger partial charge in [-0.05, 0) is 103 Å². The van der Waals surface area contributed by atoms with Crippen molar-refractivity contribution in [2.45, 2.75) is 276 Å². The molecular formula is C67H108O12.